The van der Waals surface area contributed by atoms with E-state index in [0.717, 1.165) is 0 Å². The minimum absolute atomic E-state index is 0.0144. The summed E-state index contributed by atoms with van der Waals surface area (Å²) in [6.07, 6.45) is -1.57. The monoisotopic (exact) mass is 612 g/mol. The molecule has 3 N–H and O–H groups in total. The number of rotatable bonds is 5. The van der Waals surface area contributed by atoms with Crippen molar-refractivity contribution in [1.82, 2.24) is 10.2 Å². The maximum absolute atomic E-state index is 13.9. The molecule has 0 spiro atoms. The Bertz CT molecular complexity index is 1480. The number of phenolic OH excluding ortho intramolecular Hbond substituents is 1. The maximum atomic E-state index is 13.9. The lowest BCUT2D eigenvalue weighted by Gasteiger charge is -2.40. The molecule has 3 aliphatic heterocycles. The fraction of sp³-hybridized carbons (Fsp3) is 0.516. The fourth-order valence-corrected chi connectivity index (χ4v) is 6.68. The van der Waals surface area contributed by atoms with Gasteiger partial charge in [-0.25, -0.2) is 4.79 Å². The Kier molecular flexibility index (Phi) is 7.39. The van der Waals surface area contributed by atoms with Gasteiger partial charge in [0.1, 0.15) is 11.6 Å². The Morgan fingerprint density at radius 3 is 2.25 bits per heavy atom. The molecule has 2 amide bonds. The van der Waals surface area contributed by atoms with Gasteiger partial charge in [-0.3, -0.25) is 14.5 Å². The number of β-amino-alcohol motifs (C(OH)–C–C–N with tert-alkyl or cyclic N) is 1. The number of esters is 1. The third-order valence-electron chi connectivity index (χ3n) is 8.56. The Morgan fingerprint density at radius 1 is 1.00 bits per heavy atom. The van der Waals surface area contributed by atoms with Gasteiger partial charge in [0.15, 0.2) is 23.0 Å². The van der Waals surface area contributed by atoms with Crippen LogP contribution in [0.15, 0.2) is 24.3 Å². The van der Waals surface area contributed by atoms with Crippen LogP contribution in [-0.4, -0.2) is 85.0 Å². The lowest BCUT2D eigenvalue weighted by atomic mass is 9.65. The minimum atomic E-state index is -0.989. The van der Waals surface area contributed by atoms with E-state index in [9.17, 15) is 24.6 Å². The van der Waals surface area contributed by atoms with Gasteiger partial charge in [0.25, 0.3) is 0 Å². The molecule has 13 nitrogen and oxygen atoms in total. The number of aliphatic hydroxyl groups is 1. The number of aliphatic hydroxyl groups excluding tert-OH is 1. The van der Waals surface area contributed by atoms with Crippen molar-refractivity contribution in [2.24, 2.45) is 11.8 Å². The topological polar surface area (TPSA) is 162 Å². The van der Waals surface area contributed by atoms with Gasteiger partial charge >= 0.3 is 12.1 Å². The number of ether oxygens (including phenoxy) is 6. The van der Waals surface area contributed by atoms with Crippen LogP contribution in [0.3, 0.4) is 0 Å². The Morgan fingerprint density at radius 2 is 1.64 bits per heavy atom. The van der Waals surface area contributed by atoms with Gasteiger partial charge in [-0.1, -0.05) is 0 Å². The van der Waals surface area contributed by atoms with Crippen LogP contribution in [0.2, 0.25) is 0 Å². The van der Waals surface area contributed by atoms with Gasteiger partial charge in [-0.05, 0) is 61.7 Å². The minimum Gasteiger partial charge on any atom is -0.502 e. The first-order chi connectivity index (χ1) is 20.9. The van der Waals surface area contributed by atoms with E-state index in [0.29, 0.717) is 28.2 Å². The Hall–Kier alpha value is -4.39. The fourth-order valence-electron chi connectivity index (χ4n) is 6.68. The molecule has 0 bridgehead atoms. The third-order valence-corrected chi connectivity index (χ3v) is 8.56. The molecule has 6 atom stereocenters. The second-order valence-electron chi connectivity index (χ2n) is 12.4. The van der Waals surface area contributed by atoms with Gasteiger partial charge in [0, 0.05) is 18.3 Å². The first-order valence-electron chi connectivity index (χ1n) is 14.4. The number of carbonyl (C=O) groups excluding carboxylic acids is 3. The largest absolute Gasteiger partial charge is 0.502 e. The van der Waals surface area contributed by atoms with Crippen LogP contribution in [0.1, 0.15) is 55.8 Å². The van der Waals surface area contributed by atoms with Crippen molar-refractivity contribution < 1.29 is 53.0 Å². The van der Waals surface area contributed by atoms with Crippen LogP contribution >= 0.6 is 0 Å². The summed E-state index contributed by atoms with van der Waals surface area (Å²) < 4.78 is 33.3. The lowest BCUT2D eigenvalue weighted by Crippen LogP contribution is -2.51. The number of aromatic hydroxyl groups is 1. The van der Waals surface area contributed by atoms with Gasteiger partial charge in [-0.2, -0.15) is 0 Å². The first-order valence-corrected chi connectivity index (χ1v) is 14.4. The molecule has 2 fully saturated rings. The molecule has 44 heavy (non-hydrogen) atoms. The van der Waals surface area contributed by atoms with Crippen LogP contribution in [0, 0.1) is 11.8 Å². The number of benzene rings is 2. The molecular formula is C31H36N2O11. The number of hydrogen-bond donors (Lipinski definition) is 3. The Balaban J connectivity index is 1.42. The highest BCUT2D eigenvalue weighted by Crippen LogP contribution is 2.55. The first kappa shape index (κ1) is 29.7. The van der Waals surface area contributed by atoms with Crippen molar-refractivity contribution in [1.29, 1.82) is 0 Å². The molecule has 6 rings (SSSR count). The Labute approximate surface area is 253 Å². The van der Waals surface area contributed by atoms with Gasteiger partial charge in [0.2, 0.25) is 18.4 Å². The van der Waals surface area contributed by atoms with E-state index < -0.39 is 59.5 Å². The number of phenols is 1. The summed E-state index contributed by atoms with van der Waals surface area (Å²) in [5, 5.41) is 24.1. The van der Waals surface area contributed by atoms with E-state index >= 15 is 0 Å². The molecule has 2 aromatic carbocycles. The predicted molar refractivity (Wildman–Crippen MR) is 152 cm³/mol. The normalized spacial score (nSPS) is 26.9. The molecule has 2 unspecified atom stereocenters. The molecule has 4 aliphatic rings. The molecule has 236 valence electrons. The van der Waals surface area contributed by atoms with Gasteiger partial charge in [-0.15, -0.1) is 0 Å². The smallest absolute Gasteiger partial charge is 0.411 e. The van der Waals surface area contributed by atoms with E-state index in [4.69, 9.17) is 28.4 Å². The van der Waals surface area contributed by atoms with Crippen LogP contribution in [0.4, 0.5) is 4.79 Å². The highest BCUT2D eigenvalue weighted by molar-refractivity contribution is 5.87. The number of methoxy groups -OCH3 is 2. The number of hydrogen-bond acceptors (Lipinski definition) is 11. The summed E-state index contributed by atoms with van der Waals surface area (Å²) in [6.45, 7) is 5.18. The van der Waals surface area contributed by atoms with Crippen LogP contribution in [0.25, 0.3) is 0 Å². The van der Waals surface area contributed by atoms with E-state index in [-0.39, 0.29) is 43.6 Å². The number of carbonyl (C=O) groups is 3. The van der Waals surface area contributed by atoms with E-state index in [1.807, 2.05) is 0 Å². The van der Waals surface area contributed by atoms with Gasteiger partial charge in [0.05, 0.1) is 45.4 Å². The number of likely N-dealkylation sites (tertiary alicyclic amines) is 1. The van der Waals surface area contributed by atoms with Crippen molar-refractivity contribution in [2.45, 2.75) is 56.9 Å². The molecular weight excluding hydrogens is 576 g/mol. The molecule has 2 saturated heterocycles. The summed E-state index contributed by atoms with van der Waals surface area (Å²) in [5.74, 6) is -1.63. The molecule has 13 heteroatoms. The zero-order valence-corrected chi connectivity index (χ0v) is 25.1. The quantitative estimate of drug-likeness (QED) is 0.426. The lowest BCUT2D eigenvalue weighted by molar-refractivity contribution is -0.141. The summed E-state index contributed by atoms with van der Waals surface area (Å²) >= 11 is 0. The van der Waals surface area contributed by atoms with Crippen molar-refractivity contribution in [2.75, 3.05) is 34.2 Å². The molecule has 2 aromatic rings. The summed E-state index contributed by atoms with van der Waals surface area (Å²) in [4.78, 5) is 41.5. The molecule has 1 aliphatic carbocycles. The molecule has 3 heterocycles. The van der Waals surface area contributed by atoms with Crippen LogP contribution in [-0.2, 0) is 19.1 Å². The van der Waals surface area contributed by atoms with E-state index in [1.165, 1.54) is 19.1 Å². The van der Waals surface area contributed by atoms with Crippen molar-refractivity contribution in [3.05, 3.63) is 41.0 Å². The number of nitrogens with zero attached hydrogens (tertiary/aromatic N) is 1. The third kappa shape index (κ3) is 5.08. The standard InChI is InChI=1S/C31H36N2O11/c1-31(2,3)44-30(38)33-11-15(34)8-19(33)28(36)32-26-17-10-21-20(42-13-43-21)9-16(17)24(25-18(26)12-41-29(25)37)14-6-22(39-4)27(35)23(7-14)40-5/h6-7,9-10,15,18-19,24-26,34-35H,8,11-13H2,1-5H3,(H,32,36)/t15?,18-,19?,24+,25-,26+/m0/s1. The summed E-state index contributed by atoms with van der Waals surface area (Å²) in [6, 6.07) is 5.18. The molecule has 0 aromatic heterocycles. The highest BCUT2D eigenvalue weighted by Gasteiger charge is 2.54. The molecule has 0 saturated carbocycles. The average Bonchev–Trinajstić information content (AvgIpc) is 3.70. The van der Waals surface area contributed by atoms with Crippen molar-refractivity contribution in [3.63, 3.8) is 0 Å². The summed E-state index contributed by atoms with van der Waals surface area (Å²) in [5.41, 5.74) is 1.20. The maximum Gasteiger partial charge on any atom is 0.411 e. The van der Waals surface area contributed by atoms with E-state index in [1.54, 1.807) is 45.0 Å². The predicted octanol–water partition coefficient (Wildman–Crippen LogP) is 2.60. The number of cyclic esters (lactones) is 1. The average molecular weight is 613 g/mol. The summed E-state index contributed by atoms with van der Waals surface area (Å²) in [7, 11) is 2.84. The van der Waals surface area contributed by atoms with Crippen molar-refractivity contribution >= 4 is 18.0 Å². The van der Waals surface area contributed by atoms with Crippen LogP contribution in [0.5, 0.6) is 28.7 Å². The number of amides is 2. The second-order valence-corrected chi connectivity index (χ2v) is 12.4. The van der Waals surface area contributed by atoms with Gasteiger partial charge < -0.3 is 44.0 Å². The number of nitrogens with one attached hydrogen (secondary N) is 1. The zero-order valence-electron chi connectivity index (χ0n) is 25.1. The van der Waals surface area contributed by atoms with Crippen molar-refractivity contribution in [3.8, 4) is 28.7 Å². The highest BCUT2D eigenvalue weighted by atomic mass is 16.7. The number of fused-ring (bicyclic) bond motifs is 3. The van der Waals surface area contributed by atoms with Crippen LogP contribution < -0.4 is 24.3 Å². The SMILES string of the molecule is COc1cc([C@@H]2c3cc4c(cc3[C@@H](NC(=O)C3CC(O)CN3C(=O)OC(C)(C)C)[C@H]3COC(=O)[C@H]23)OCO4)cc(OC)c1O. The second kappa shape index (κ2) is 11.0. The van der Waals surface area contributed by atoms with E-state index in [2.05, 4.69) is 5.32 Å². The zero-order chi connectivity index (χ0) is 31.5. The molecule has 0 radical (unpaired) electrons.